The summed E-state index contributed by atoms with van der Waals surface area (Å²) < 4.78 is 5.72. The van der Waals surface area contributed by atoms with Crippen molar-refractivity contribution in [3.63, 3.8) is 0 Å². The summed E-state index contributed by atoms with van der Waals surface area (Å²) >= 11 is 0. The number of ether oxygens (including phenoxy) is 1. The maximum absolute atomic E-state index is 11.1. The number of rotatable bonds is 7. The van der Waals surface area contributed by atoms with E-state index in [9.17, 15) is 9.90 Å². The molecule has 0 aromatic rings. The van der Waals surface area contributed by atoms with Crippen LogP contribution in [0.4, 0.5) is 0 Å². The van der Waals surface area contributed by atoms with Crippen molar-refractivity contribution in [1.29, 1.82) is 0 Å². The summed E-state index contributed by atoms with van der Waals surface area (Å²) in [5.41, 5.74) is 0. The number of carboxylic acid groups (broad SMARTS) is 1. The second-order valence-corrected chi connectivity index (χ2v) is 6.21. The number of hydrogen-bond donors (Lipinski definition) is 2. The Morgan fingerprint density at radius 1 is 1.47 bits per heavy atom. The molecule has 5 heteroatoms. The highest BCUT2D eigenvalue weighted by Gasteiger charge is 2.36. The minimum Gasteiger partial charge on any atom is -0.480 e. The van der Waals surface area contributed by atoms with Gasteiger partial charge in [-0.15, -0.1) is 0 Å². The van der Waals surface area contributed by atoms with E-state index < -0.39 is 5.97 Å². The van der Waals surface area contributed by atoms with Crippen LogP contribution in [0.15, 0.2) is 0 Å². The molecule has 2 rings (SSSR count). The standard InChI is InChI=1S/C14H26N2O3/c1-10(2)8-16-5-6-19-12(9-16)7-15-13(14(17)18)11-3-4-11/h10-13,15H,3-9H2,1-2H3,(H,17,18). The van der Waals surface area contributed by atoms with Gasteiger partial charge in [0.15, 0.2) is 0 Å². The topological polar surface area (TPSA) is 61.8 Å². The van der Waals surface area contributed by atoms with Gasteiger partial charge in [0.05, 0.1) is 12.7 Å². The maximum Gasteiger partial charge on any atom is 0.320 e. The van der Waals surface area contributed by atoms with Crippen LogP contribution in [0.2, 0.25) is 0 Å². The molecule has 2 fully saturated rings. The average Bonchev–Trinajstić information content (AvgIpc) is 3.13. The lowest BCUT2D eigenvalue weighted by atomic mass is 10.1. The average molecular weight is 270 g/mol. The van der Waals surface area contributed by atoms with Crippen molar-refractivity contribution in [3.8, 4) is 0 Å². The first-order valence-electron chi connectivity index (χ1n) is 7.36. The minimum atomic E-state index is -0.725. The molecule has 1 aliphatic carbocycles. The molecule has 0 amide bonds. The van der Waals surface area contributed by atoms with Gasteiger partial charge >= 0.3 is 5.97 Å². The minimum absolute atomic E-state index is 0.119. The third-order valence-electron chi connectivity index (χ3n) is 3.77. The normalized spacial score (nSPS) is 26.6. The lowest BCUT2D eigenvalue weighted by molar-refractivity contribution is -0.140. The van der Waals surface area contributed by atoms with Crippen LogP contribution < -0.4 is 5.32 Å². The number of morpholine rings is 1. The monoisotopic (exact) mass is 270 g/mol. The van der Waals surface area contributed by atoms with Crippen molar-refractivity contribution in [2.75, 3.05) is 32.8 Å². The summed E-state index contributed by atoms with van der Waals surface area (Å²) in [5.74, 6) is 0.259. The highest BCUT2D eigenvalue weighted by atomic mass is 16.5. The van der Waals surface area contributed by atoms with Gasteiger partial charge in [-0.05, 0) is 24.7 Å². The second kappa shape index (κ2) is 6.68. The summed E-state index contributed by atoms with van der Waals surface area (Å²) in [6, 6.07) is -0.385. The first-order valence-corrected chi connectivity index (χ1v) is 7.36. The fourth-order valence-electron chi connectivity index (χ4n) is 2.73. The Morgan fingerprint density at radius 2 is 2.21 bits per heavy atom. The number of aliphatic carboxylic acids is 1. The van der Waals surface area contributed by atoms with Crippen LogP contribution in [0.25, 0.3) is 0 Å². The number of nitrogens with zero attached hydrogens (tertiary/aromatic N) is 1. The van der Waals surface area contributed by atoms with Crippen molar-refractivity contribution in [2.45, 2.75) is 38.8 Å². The Hall–Kier alpha value is -0.650. The molecule has 0 aromatic carbocycles. The summed E-state index contributed by atoms with van der Waals surface area (Å²) in [5, 5.41) is 12.3. The fraction of sp³-hybridized carbons (Fsp3) is 0.929. The highest BCUT2D eigenvalue weighted by molar-refractivity contribution is 5.74. The number of carboxylic acids is 1. The van der Waals surface area contributed by atoms with Crippen LogP contribution in [0.1, 0.15) is 26.7 Å². The summed E-state index contributed by atoms with van der Waals surface area (Å²) in [7, 11) is 0. The van der Waals surface area contributed by atoms with Crippen molar-refractivity contribution in [2.24, 2.45) is 11.8 Å². The Kier molecular flexibility index (Phi) is 5.19. The first kappa shape index (κ1) is 14.8. The van der Waals surface area contributed by atoms with Crippen LogP contribution in [-0.4, -0.2) is 60.9 Å². The third-order valence-corrected chi connectivity index (χ3v) is 3.77. The Balaban J connectivity index is 1.73. The van der Waals surface area contributed by atoms with Crippen molar-refractivity contribution in [3.05, 3.63) is 0 Å². The zero-order chi connectivity index (χ0) is 13.8. The Morgan fingerprint density at radius 3 is 2.79 bits per heavy atom. The first-order chi connectivity index (χ1) is 9.06. The molecule has 110 valence electrons. The van der Waals surface area contributed by atoms with Crippen molar-refractivity contribution >= 4 is 5.97 Å². The molecule has 1 saturated heterocycles. The van der Waals surface area contributed by atoms with Crippen LogP contribution in [-0.2, 0) is 9.53 Å². The molecule has 19 heavy (non-hydrogen) atoms. The van der Waals surface area contributed by atoms with Crippen molar-refractivity contribution in [1.82, 2.24) is 10.2 Å². The smallest absolute Gasteiger partial charge is 0.320 e. The SMILES string of the molecule is CC(C)CN1CCOC(CNC(C(=O)O)C2CC2)C1. The molecule has 0 bridgehead atoms. The molecular weight excluding hydrogens is 244 g/mol. The molecular formula is C14H26N2O3. The summed E-state index contributed by atoms with van der Waals surface area (Å²) in [4.78, 5) is 13.6. The van der Waals surface area contributed by atoms with E-state index in [1.807, 2.05) is 0 Å². The van der Waals surface area contributed by atoms with E-state index in [4.69, 9.17) is 4.74 Å². The zero-order valence-corrected chi connectivity index (χ0v) is 12.0. The van der Waals surface area contributed by atoms with Gasteiger partial charge in [-0.25, -0.2) is 0 Å². The number of nitrogens with one attached hydrogen (secondary N) is 1. The van der Waals surface area contributed by atoms with E-state index in [-0.39, 0.29) is 12.1 Å². The summed E-state index contributed by atoms with van der Waals surface area (Å²) in [6.45, 7) is 8.81. The van der Waals surface area contributed by atoms with E-state index in [1.165, 1.54) is 0 Å². The van der Waals surface area contributed by atoms with E-state index in [1.54, 1.807) is 0 Å². The largest absolute Gasteiger partial charge is 0.480 e. The van der Waals surface area contributed by atoms with Gasteiger partial charge in [-0.2, -0.15) is 0 Å². The van der Waals surface area contributed by atoms with Crippen LogP contribution in [0, 0.1) is 11.8 Å². The Bertz CT molecular complexity index is 305. The van der Waals surface area contributed by atoms with Gasteiger partial charge in [-0.3, -0.25) is 9.69 Å². The summed E-state index contributed by atoms with van der Waals surface area (Å²) in [6.07, 6.45) is 2.19. The molecule has 0 spiro atoms. The van der Waals surface area contributed by atoms with E-state index in [2.05, 4.69) is 24.1 Å². The van der Waals surface area contributed by atoms with Gasteiger partial charge in [-0.1, -0.05) is 13.8 Å². The highest BCUT2D eigenvalue weighted by Crippen LogP contribution is 2.32. The molecule has 0 radical (unpaired) electrons. The number of carbonyl (C=O) groups is 1. The molecule has 1 heterocycles. The van der Waals surface area contributed by atoms with Gasteiger partial charge in [0, 0.05) is 26.2 Å². The van der Waals surface area contributed by atoms with Crippen LogP contribution in [0.3, 0.4) is 0 Å². The molecule has 5 nitrogen and oxygen atoms in total. The quantitative estimate of drug-likeness (QED) is 0.716. The van der Waals surface area contributed by atoms with Gasteiger partial charge < -0.3 is 15.2 Å². The third kappa shape index (κ3) is 4.75. The predicted molar refractivity (Wildman–Crippen MR) is 73.2 cm³/mol. The fourth-order valence-corrected chi connectivity index (χ4v) is 2.73. The van der Waals surface area contributed by atoms with Gasteiger partial charge in [0.2, 0.25) is 0 Å². The molecule has 2 unspecified atom stereocenters. The predicted octanol–water partition coefficient (Wildman–Crippen LogP) is 0.796. The lowest BCUT2D eigenvalue weighted by Crippen LogP contribution is -2.50. The molecule has 1 aliphatic heterocycles. The molecule has 1 saturated carbocycles. The van der Waals surface area contributed by atoms with Crippen LogP contribution in [0.5, 0.6) is 0 Å². The second-order valence-electron chi connectivity index (χ2n) is 6.21. The van der Waals surface area contributed by atoms with E-state index in [0.717, 1.165) is 39.1 Å². The zero-order valence-electron chi connectivity index (χ0n) is 12.0. The molecule has 2 atom stereocenters. The molecule has 2 aliphatic rings. The molecule has 2 N–H and O–H groups in total. The van der Waals surface area contributed by atoms with E-state index >= 15 is 0 Å². The van der Waals surface area contributed by atoms with Crippen molar-refractivity contribution < 1.29 is 14.6 Å². The number of hydrogen-bond acceptors (Lipinski definition) is 4. The van der Waals surface area contributed by atoms with Crippen LogP contribution >= 0.6 is 0 Å². The molecule has 0 aromatic heterocycles. The van der Waals surface area contributed by atoms with Gasteiger partial charge in [0.1, 0.15) is 6.04 Å². The lowest BCUT2D eigenvalue weighted by Gasteiger charge is -2.34. The van der Waals surface area contributed by atoms with E-state index in [0.29, 0.717) is 18.4 Å². The maximum atomic E-state index is 11.1. The Labute approximate surface area is 115 Å². The van der Waals surface area contributed by atoms with Gasteiger partial charge in [0.25, 0.3) is 0 Å².